The predicted octanol–water partition coefficient (Wildman–Crippen LogP) is 7.07. The Morgan fingerprint density at radius 2 is 1.07 bits per heavy atom. The molecule has 58 heavy (non-hydrogen) atoms. The number of hydrazine groups is 1. The summed E-state index contributed by atoms with van der Waals surface area (Å²) in [5.41, 5.74) is 36.5. The van der Waals surface area contributed by atoms with Gasteiger partial charge >= 0.3 is 0 Å². The molecule has 0 aliphatic heterocycles. The third kappa shape index (κ3) is 7.38. The van der Waals surface area contributed by atoms with Crippen LogP contribution < -0.4 is 33.8 Å². The molecule has 2 amide bonds. The SMILES string of the molecule is NC(=O)c1cccc(/N=N/c2c(-c3ccccc3)nn(-c3cc(-n4nc(-c5ccccc5)c(NNc5cccc(C(N)=O)c5)c4N)nc(-c4ccccc4)n3)c2N)c1. The number of anilines is 4. The minimum atomic E-state index is -0.592. The number of hydrogen-bond donors (Lipinski definition) is 6. The third-order valence-electron chi connectivity index (χ3n) is 8.95. The lowest BCUT2D eigenvalue weighted by molar-refractivity contribution is 0.0992. The highest BCUT2D eigenvalue weighted by molar-refractivity contribution is 5.94. The van der Waals surface area contributed by atoms with E-state index >= 15 is 0 Å². The second kappa shape index (κ2) is 15.6. The van der Waals surface area contributed by atoms with Crippen molar-refractivity contribution in [3.8, 4) is 45.5 Å². The second-order valence-corrected chi connectivity index (χ2v) is 12.8. The Hall–Kier alpha value is -8.66. The van der Waals surface area contributed by atoms with Crippen molar-refractivity contribution >= 4 is 46.2 Å². The summed E-state index contributed by atoms with van der Waals surface area (Å²) < 4.78 is 2.95. The quantitative estimate of drug-likeness (QED) is 0.0545. The van der Waals surface area contributed by atoms with Gasteiger partial charge in [-0.2, -0.15) is 24.7 Å². The van der Waals surface area contributed by atoms with Gasteiger partial charge in [0.05, 0.1) is 11.4 Å². The van der Waals surface area contributed by atoms with E-state index in [1.807, 2.05) is 91.0 Å². The van der Waals surface area contributed by atoms with Gasteiger partial charge in [-0.15, -0.1) is 5.11 Å². The predicted molar refractivity (Wildman–Crippen MR) is 223 cm³/mol. The average Bonchev–Trinajstić information content (AvgIpc) is 3.78. The molecule has 0 unspecified atom stereocenters. The van der Waals surface area contributed by atoms with E-state index in [2.05, 4.69) is 21.1 Å². The smallest absolute Gasteiger partial charge is 0.248 e. The van der Waals surface area contributed by atoms with Gasteiger partial charge in [0.25, 0.3) is 0 Å². The van der Waals surface area contributed by atoms with E-state index in [-0.39, 0.29) is 28.7 Å². The first-order valence-corrected chi connectivity index (χ1v) is 17.8. The van der Waals surface area contributed by atoms with Crippen LogP contribution in [0.15, 0.2) is 156 Å². The molecule has 0 fully saturated rings. The summed E-state index contributed by atoms with van der Waals surface area (Å²) in [7, 11) is 0. The first-order valence-electron chi connectivity index (χ1n) is 17.8. The summed E-state index contributed by atoms with van der Waals surface area (Å²) in [5.74, 6) is 0.0859. The monoisotopic (exact) mass is 766 g/mol. The summed E-state index contributed by atoms with van der Waals surface area (Å²) in [4.78, 5) is 33.5. The van der Waals surface area contributed by atoms with Crippen LogP contribution >= 0.6 is 0 Å². The molecule has 284 valence electrons. The number of nitrogens with one attached hydrogen (secondary N) is 2. The van der Waals surface area contributed by atoms with Gasteiger partial charge in [-0.3, -0.25) is 15.0 Å². The van der Waals surface area contributed by atoms with E-state index in [9.17, 15) is 9.59 Å². The average molecular weight is 767 g/mol. The molecule has 3 aromatic heterocycles. The Bertz CT molecular complexity index is 2820. The first kappa shape index (κ1) is 36.3. The Labute approximate surface area is 330 Å². The maximum atomic E-state index is 11.9. The lowest BCUT2D eigenvalue weighted by Gasteiger charge is -2.12. The number of primary amides is 2. The molecule has 10 N–H and O–H groups in total. The molecular formula is C42H34N14O2. The molecule has 0 radical (unpaired) electrons. The lowest BCUT2D eigenvalue weighted by Crippen LogP contribution is -2.14. The Morgan fingerprint density at radius 3 is 1.69 bits per heavy atom. The Balaban J connectivity index is 1.28. The highest BCUT2D eigenvalue weighted by Gasteiger charge is 2.24. The van der Waals surface area contributed by atoms with Crippen LogP contribution in [0.4, 0.5) is 34.4 Å². The van der Waals surface area contributed by atoms with Crippen LogP contribution in [0.2, 0.25) is 0 Å². The van der Waals surface area contributed by atoms with Crippen molar-refractivity contribution in [1.82, 2.24) is 29.5 Å². The van der Waals surface area contributed by atoms with Gasteiger partial charge in [-0.25, -0.2) is 9.97 Å². The minimum Gasteiger partial charge on any atom is -0.382 e. The molecule has 16 nitrogen and oxygen atoms in total. The fraction of sp³-hybridized carbons (Fsp3) is 0. The number of rotatable bonds is 12. The molecule has 16 heteroatoms. The molecule has 0 saturated heterocycles. The highest BCUT2D eigenvalue weighted by Crippen LogP contribution is 2.39. The number of nitrogens with zero attached hydrogens (tertiary/aromatic N) is 8. The number of azo groups is 1. The van der Waals surface area contributed by atoms with Gasteiger partial charge in [-0.1, -0.05) is 103 Å². The summed E-state index contributed by atoms with van der Waals surface area (Å²) in [5, 5.41) is 18.8. The molecule has 0 aliphatic carbocycles. The summed E-state index contributed by atoms with van der Waals surface area (Å²) >= 11 is 0. The first-order chi connectivity index (χ1) is 28.2. The molecular weight excluding hydrogens is 733 g/mol. The van der Waals surface area contributed by atoms with E-state index in [1.165, 1.54) is 15.4 Å². The number of nitrogen functional groups attached to an aromatic ring is 2. The Morgan fingerprint density at radius 1 is 0.534 bits per heavy atom. The number of benzene rings is 5. The fourth-order valence-electron chi connectivity index (χ4n) is 6.08. The second-order valence-electron chi connectivity index (χ2n) is 12.8. The van der Waals surface area contributed by atoms with Crippen molar-refractivity contribution in [2.45, 2.75) is 0 Å². The molecule has 3 heterocycles. The van der Waals surface area contributed by atoms with Crippen molar-refractivity contribution in [1.29, 1.82) is 0 Å². The molecule has 0 atom stereocenters. The maximum absolute atomic E-state index is 11.9. The van der Waals surface area contributed by atoms with Crippen LogP contribution in [-0.2, 0) is 0 Å². The van der Waals surface area contributed by atoms with Crippen molar-refractivity contribution in [3.63, 3.8) is 0 Å². The zero-order valence-electron chi connectivity index (χ0n) is 30.6. The van der Waals surface area contributed by atoms with E-state index in [1.54, 1.807) is 48.5 Å². The summed E-state index contributed by atoms with van der Waals surface area (Å²) in [6, 6.07) is 43.1. The van der Waals surface area contributed by atoms with E-state index in [4.69, 9.17) is 43.1 Å². The van der Waals surface area contributed by atoms with E-state index < -0.39 is 11.8 Å². The topological polar surface area (TPSA) is 248 Å². The normalized spacial score (nSPS) is 11.1. The van der Waals surface area contributed by atoms with Gasteiger partial charge in [0.1, 0.15) is 17.1 Å². The van der Waals surface area contributed by atoms with Crippen LogP contribution in [0.1, 0.15) is 20.7 Å². The number of aromatic nitrogens is 6. The van der Waals surface area contributed by atoms with Crippen LogP contribution in [0, 0.1) is 0 Å². The third-order valence-corrected chi connectivity index (χ3v) is 8.95. The zero-order valence-corrected chi connectivity index (χ0v) is 30.6. The molecule has 8 rings (SSSR count). The number of amides is 2. The van der Waals surface area contributed by atoms with Gasteiger partial charge in [0, 0.05) is 33.9 Å². The largest absolute Gasteiger partial charge is 0.382 e. The molecule has 0 spiro atoms. The van der Waals surface area contributed by atoms with Crippen LogP contribution in [-0.4, -0.2) is 41.3 Å². The van der Waals surface area contributed by atoms with Crippen molar-refractivity contribution in [2.75, 3.05) is 22.3 Å². The standard InChI is InChI=1S/C42H34N14O2/c43-38-36(51-49-30-20-10-18-28(22-30)40(45)57)34(25-12-4-1-5-13-25)53-55(38)32-24-33(48-42(47-32)27-16-8-3-9-17-27)56-39(44)37(35(54-56)26-14-6-2-7-15-26)52-50-31-21-11-19-29(23-31)41(46)58/h1-24,49,51H,43-44H2,(H2,45,57)(H2,46,58)/b52-50+. The minimum absolute atomic E-state index is 0.125. The van der Waals surface area contributed by atoms with E-state index in [0.29, 0.717) is 51.2 Å². The van der Waals surface area contributed by atoms with Gasteiger partial charge in [0.2, 0.25) is 11.8 Å². The molecule has 0 aliphatic rings. The number of hydrogen-bond acceptors (Lipinski definition) is 12. The van der Waals surface area contributed by atoms with Crippen molar-refractivity contribution in [2.24, 2.45) is 21.7 Å². The van der Waals surface area contributed by atoms with Crippen LogP contribution in [0.25, 0.3) is 45.5 Å². The molecule has 0 bridgehead atoms. The van der Waals surface area contributed by atoms with Gasteiger partial charge in [-0.05, 0) is 36.4 Å². The van der Waals surface area contributed by atoms with Gasteiger partial charge in [0.15, 0.2) is 34.8 Å². The van der Waals surface area contributed by atoms with Crippen molar-refractivity contribution < 1.29 is 9.59 Å². The molecule has 0 saturated carbocycles. The lowest BCUT2D eigenvalue weighted by atomic mass is 10.1. The fourth-order valence-corrected chi connectivity index (χ4v) is 6.08. The summed E-state index contributed by atoms with van der Waals surface area (Å²) in [6.45, 7) is 0. The number of nitrogens with two attached hydrogens (primary N) is 4. The highest BCUT2D eigenvalue weighted by atomic mass is 16.1. The van der Waals surface area contributed by atoms with Crippen LogP contribution in [0.5, 0.6) is 0 Å². The number of carbonyl (C=O) groups is 2. The molecule has 8 aromatic rings. The van der Waals surface area contributed by atoms with E-state index in [0.717, 1.165) is 11.1 Å². The zero-order chi connectivity index (χ0) is 40.2. The summed E-state index contributed by atoms with van der Waals surface area (Å²) in [6.07, 6.45) is 0. The van der Waals surface area contributed by atoms with Crippen LogP contribution in [0.3, 0.4) is 0 Å². The van der Waals surface area contributed by atoms with Gasteiger partial charge < -0.3 is 28.4 Å². The maximum Gasteiger partial charge on any atom is 0.248 e. The molecule has 5 aromatic carbocycles. The number of carbonyl (C=O) groups excluding carboxylic acids is 2. The Kier molecular flexibility index (Phi) is 9.77. The van der Waals surface area contributed by atoms with Crippen molar-refractivity contribution in [3.05, 3.63) is 157 Å².